The minimum atomic E-state index is -4.34. The van der Waals surface area contributed by atoms with E-state index in [9.17, 15) is 17.6 Å². The molecule has 0 spiro atoms. The normalized spacial score (nSPS) is 12.0. The number of carbonyl (C=O) groups is 1. The molecule has 0 saturated carbocycles. The van der Waals surface area contributed by atoms with E-state index in [1.807, 2.05) is 6.07 Å². The van der Waals surface area contributed by atoms with E-state index in [1.165, 1.54) is 27.4 Å². The van der Waals surface area contributed by atoms with E-state index in [0.29, 0.717) is 22.7 Å². The molecule has 0 radical (unpaired) electrons. The fourth-order valence-electron chi connectivity index (χ4n) is 3.28. The second-order valence-electron chi connectivity index (χ2n) is 7.21. The van der Waals surface area contributed by atoms with Crippen LogP contribution >= 0.6 is 0 Å². The summed E-state index contributed by atoms with van der Waals surface area (Å²) < 4.78 is 58.1. The van der Waals surface area contributed by atoms with Gasteiger partial charge in [-0.25, -0.2) is 12.8 Å². The average molecular weight is 489 g/mol. The number of amides is 1. The van der Waals surface area contributed by atoms with Crippen LogP contribution in [0, 0.1) is 5.82 Å². The molecule has 0 fully saturated rings. The Hall–Kier alpha value is -3.63. The van der Waals surface area contributed by atoms with Gasteiger partial charge in [-0.1, -0.05) is 30.3 Å². The molecule has 8 nitrogen and oxygen atoms in total. The second kappa shape index (κ2) is 11.0. The van der Waals surface area contributed by atoms with Crippen molar-refractivity contribution in [3.8, 4) is 17.2 Å². The van der Waals surface area contributed by atoms with Crippen LogP contribution in [0.25, 0.3) is 0 Å². The largest absolute Gasteiger partial charge is 0.497 e. The van der Waals surface area contributed by atoms with Crippen molar-refractivity contribution in [2.24, 2.45) is 0 Å². The van der Waals surface area contributed by atoms with Crippen LogP contribution in [0.2, 0.25) is 0 Å². The Morgan fingerprint density at radius 3 is 2.24 bits per heavy atom. The first kappa shape index (κ1) is 25.0. The number of benzene rings is 3. The summed E-state index contributed by atoms with van der Waals surface area (Å²) in [6, 6.07) is 15.6. The highest BCUT2D eigenvalue weighted by molar-refractivity contribution is 7.89. The van der Waals surface area contributed by atoms with Gasteiger partial charge in [-0.2, -0.15) is 4.72 Å². The molecule has 1 atom stereocenters. The van der Waals surface area contributed by atoms with Gasteiger partial charge in [0.05, 0.1) is 27.0 Å². The zero-order valence-electron chi connectivity index (χ0n) is 18.9. The number of halogens is 1. The lowest BCUT2D eigenvalue weighted by atomic mass is 10.1. The van der Waals surface area contributed by atoms with E-state index in [4.69, 9.17) is 14.2 Å². The van der Waals surface area contributed by atoms with Gasteiger partial charge in [-0.3, -0.25) is 4.79 Å². The molecule has 3 rings (SSSR count). The van der Waals surface area contributed by atoms with Crippen LogP contribution < -0.4 is 24.2 Å². The highest BCUT2D eigenvalue weighted by Gasteiger charge is 2.29. The molecule has 0 aliphatic heterocycles. The molecule has 0 bridgehead atoms. The predicted octanol–water partition coefficient (Wildman–Crippen LogP) is 3.38. The SMILES string of the molecule is COc1ccc(OC)c(NC(=O)C(Cc2ccccc2)NS(=O)(=O)c2cc(F)ccc2OC)c1. The number of methoxy groups -OCH3 is 3. The third kappa shape index (κ3) is 6.03. The molecule has 10 heteroatoms. The van der Waals surface area contributed by atoms with Gasteiger partial charge in [0.1, 0.15) is 34.0 Å². The Labute approximate surface area is 197 Å². The molecule has 0 aliphatic carbocycles. The minimum absolute atomic E-state index is 0.0375. The van der Waals surface area contributed by atoms with Crippen LogP contribution in [0.1, 0.15) is 5.56 Å². The third-order valence-electron chi connectivity index (χ3n) is 4.98. The summed E-state index contributed by atoms with van der Waals surface area (Å²) >= 11 is 0. The van der Waals surface area contributed by atoms with Crippen molar-refractivity contribution >= 4 is 21.6 Å². The van der Waals surface area contributed by atoms with Gasteiger partial charge in [0.2, 0.25) is 15.9 Å². The Balaban J connectivity index is 1.96. The lowest BCUT2D eigenvalue weighted by molar-refractivity contribution is -0.117. The molecule has 1 unspecified atom stereocenters. The zero-order valence-corrected chi connectivity index (χ0v) is 19.7. The predicted molar refractivity (Wildman–Crippen MR) is 125 cm³/mol. The van der Waals surface area contributed by atoms with E-state index in [1.54, 1.807) is 42.5 Å². The molecule has 1 amide bonds. The van der Waals surface area contributed by atoms with Crippen molar-refractivity contribution in [1.29, 1.82) is 0 Å². The van der Waals surface area contributed by atoms with Gasteiger partial charge in [0.25, 0.3) is 0 Å². The number of rotatable bonds is 10. The molecule has 2 N–H and O–H groups in total. The smallest absolute Gasteiger partial charge is 0.245 e. The number of sulfonamides is 1. The molecular formula is C24H25FN2O6S. The Morgan fingerprint density at radius 1 is 0.912 bits per heavy atom. The van der Waals surface area contributed by atoms with E-state index < -0.39 is 32.7 Å². The highest BCUT2D eigenvalue weighted by atomic mass is 32.2. The Bertz CT molecular complexity index is 1250. The number of anilines is 1. The van der Waals surface area contributed by atoms with Crippen molar-refractivity contribution in [2.45, 2.75) is 17.4 Å². The van der Waals surface area contributed by atoms with E-state index in [-0.39, 0.29) is 12.2 Å². The summed E-state index contributed by atoms with van der Waals surface area (Å²) in [6.07, 6.45) is 0.0375. The van der Waals surface area contributed by atoms with Gasteiger partial charge in [-0.15, -0.1) is 0 Å². The molecule has 0 aliphatic rings. The molecule has 3 aromatic rings. The van der Waals surface area contributed by atoms with E-state index >= 15 is 0 Å². The fraction of sp³-hybridized carbons (Fsp3) is 0.208. The van der Waals surface area contributed by atoms with Gasteiger partial charge in [-0.05, 0) is 42.3 Å². The first-order chi connectivity index (χ1) is 16.3. The van der Waals surface area contributed by atoms with Crippen LogP contribution in [0.5, 0.6) is 17.2 Å². The van der Waals surface area contributed by atoms with Gasteiger partial charge in [0, 0.05) is 6.07 Å². The van der Waals surface area contributed by atoms with Gasteiger partial charge < -0.3 is 19.5 Å². The van der Waals surface area contributed by atoms with Crippen molar-refractivity contribution in [3.63, 3.8) is 0 Å². The van der Waals surface area contributed by atoms with Crippen LogP contribution in [-0.2, 0) is 21.2 Å². The van der Waals surface area contributed by atoms with Crippen molar-refractivity contribution in [3.05, 3.63) is 78.1 Å². The molecular weight excluding hydrogens is 463 g/mol. The monoisotopic (exact) mass is 488 g/mol. The quantitative estimate of drug-likeness (QED) is 0.454. The van der Waals surface area contributed by atoms with Crippen molar-refractivity contribution < 1.29 is 31.8 Å². The standard InChI is InChI=1S/C24H25FN2O6S/c1-31-18-10-12-21(32-2)19(15-18)26-24(28)20(13-16-7-5-4-6-8-16)27-34(29,30)23-14-17(25)9-11-22(23)33-3/h4-12,14-15,20,27H,13H2,1-3H3,(H,26,28). The van der Waals surface area contributed by atoms with Crippen LogP contribution in [0.15, 0.2) is 71.6 Å². The first-order valence-electron chi connectivity index (χ1n) is 10.2. The number of nitrogens with one attached hydrogen (secondary N) is 2. The summed E-state index contributed by atoms with van der Waals surface area (Å²) in [6.45, 7) is 0. The highest BCUT2D eigenvalue weighted by Crippen LogP contribution is 2.29. The zero-order chi connectivity index (χ0) is 24.7. The Kier molecular flexibility index (Phi) is 8.08. The van der Waals surface area contributed by atoms with E-state index in [0.717, 1.165) is 12.1 Å². The van der Waals surface area contributed by atoms with Crippen molar-refractivity contribution in [2.75, 3.05) is 26.6 Å². The summed E-state index contributed by atoms with van der Waals surface area (Å²) in [5.41, 5.74) is 1.02. The summed E-state index contributed by atoms with van der Waals surface area (Å²) in [5, 5.41) is 2.69. The van der Waals surface area contributed by atoms with Gasteiger partial charge >= 0.3 is 0 Å². The molecule has 3 aromatic carbocycles. The number of carbonyl (C=O) groups excluding carboxylic acids is 1. The minimum Gasteiger partial charge on any atom is -0.497 e. The van der Waals surface area contributed by atoms with Crippen LogP contribution in [-0.4, -0.2) is 41.7 Å². The maximum absolute atomic E-state index is 13.8. The maximum Gasteiger partial charge on any atom is 0.245 e. The summed E-state index contributed by atoms with van der Waals surface area (Å²) in [4.78, 5) is 12.9. The van der Waals surface area contributed by atoms with Crippen LogP contribution in [0.3, 0.4) is 0 Å². The second-order valence-corrected chi connectivity index (χ2v) is 8.90. The third-order valence-corrected chi connectivity index (χ3v) is 6.47. The number of hydrogen-bond donors (Lipinski definition) is 2. The maximum atomic E-state index is 13.8. The molecule has 0 saturated heterocycles. The average Bonchev–Trinajstić information content (AvgIpc) is 2.84. The van der Waals surface area contributed by atoms with Crippen molar-refractivity contribution in [1.82, 2.24) is 4.72 Å². The summed E-state index contributed by atoms with van der Waals surface area (Å²) in [7, 11) is -0.149. The molecule has 34 heavy (non-hydrogen) atoms. The molecule has 0 heterocycles. The number of ether oxygens (including phenoxy) is 3. The molecule has 180 valence electrons. The lowest BCUT2D eigenvalue weighted by Crippen LogP contribution is -2.45. The number of hydrogen-bond acceptors (Lipinski definition) is 6. The lowest BCUT2D eigenvalue weighted by Gasteiger charge is -2.20. The topological polar surface area (TPSA) is 103 Å². The fourth-order valence-corrected chi connectivity index (χ4v) is 4.66. The van der Waals surface area contributed by atoms with E-state index in [2.05, 4.69) is 10.0 Å². The summed E-state index contributed by atoms with van der Waals surface area (Å²) in [5.74, 6) is -0.619. The molecule has 0 aromatic heterocycles. The van der Waals surface area contributed by atoms with Gasteiger partial charge in [0.15, 0.2) is 0 Å². The first-order valence-corrected chi connectivity index (χ1v) is 11.7. The van der Waals surface area contributed by atoms with Crippen LogP contribution in [0.4, 0.5) is 10.1 Å². The Morgan fingerprint density at radius 2 is 1.59 bits per heavy atom.